The molecule has 9 heteroatoms. The molecule has 23 heavy (non-hydrogen) atoms. The van der Waals surface area contributed by atoms with Gasteiger partial charge in [-0.3, -0.25) is 4.68 Å². The van der Waals surface area contributed by atoms with Gasteiger partial charge in [0.25, 0.3) is 0 Å². The van der Waals surface area contributed by atoms with E-state index in [1.54, 1.807) is 10.9 Å². The van der Waals surface area contributed by atoms with Gasteiger partial charge in [0.05, 0.1) is 19.0 Å². The Hall–Kier alpha value is -2.13. The van der Waals surface area contributed by atoms with Crippen LogP contribution in [0.15, 0.2) is 18.3 Å². The van der Waals surface area contributed by atoms with Crippen LogP contribution in [-0.2, 0) is 16.6 Å². The Morgan fingerprint density at radius 2 is 2.00 bits per heavy atom. The first kappa shape index (κ1) is 15.8. The summed E-state index contributed by atoms with van der Waals surface area (Å²) < 4.78 is 36.4. The minimum atomic E-state index is -3.19. The Bertz CT molecular complexity index is 831. The lowest BCUT2D eigenvalue weighted by Gasteiger charge is -2.13. The minimum absolute atomic E-state index is 0.225. The molecule has 124 valence electrons. The van der Waals surface area contributed by atoms with Crippen LogP contribution in [0.1, 0.15) is 5.56 Å². The van der Waals surface area contributed by atoms with Crippen molar-refractivity contribution >= 4 is 10.0 Å². The first-order valence-electron chi connectivity index (χ1n) is 7.06. The van der Waals surface area contributed by atoms with E-state index in [9.17, 15) is 8.42 Å². The molecule has 0 fully saturated rings. The number of ether oxygens (including phenoxy) is 2. The summed E-state index contributed by atoms with van der Waals surface area (Å²) in [6.07, 6.45) is 2.97. The highest BCUT2D eigenvalue weighted by atomic mass is 32.2. The van der Waals surface area contributed by atoms with Crippen molar-refractivity contribution in [1.82, 2.24) is 19.3 Å². The number of sulfonamides is 1. The lowest BCUT2D eigenvalue weighted by molar-refractivity contribution is 0.174. The maximum absolute atomic E-state index is 11.4. The predicted octanol–water partition coefficient (Wildman–Crippen LogP) is 0.874. The summed E-state index contributed by atoms with van der Waals surface area (Å²) in [5.41, 5.74) is 2.63. The van der Waals surface area contributed by atoms with Crippen molar-refractivity contribution in [2.24, 2.45) is 0 Å². The van der Waals surface area contributed by atoms with E-state index in [0.717, 1.165) is 16.9 Å². The lowest BCUT2D eigenvalue weighted by Crippen LogP contribution is -2.29. The molecule has 0 saturated carbocycles. The number of nitrogens with zero attached hydrogens (tertiary/aromatic N) is 4. The fourth-order valence-electron chi connectivity index (χ4n) is 2.26. The molecule has 8 nitrogen and oxygen atoms in total. The van der Waals surface area contributed by atoms with Gasteiger partial charge in [-0.2, -0.15) is 0 Å². The third kappa shape index (κ3) is 3.30. The van der Waals surface area contributed by atoms with Crippen LogP contribution in [0, 0.1) is 6.92 Å². The Morgan fingerprint density at radius 1 is 1.30 bits per heavy atom. The topological polar surface area (TPSA) is 86.6 Å². The first-order chi connectivity index (χ1) is 10.8. The molecule has 2 aromatic rings. The molecule has 2 heterocycles. The number of aromatic nitrogens is 3. The molecular formula is C14H18N4O4S. The van der Waals surface area contributed by atoms with Crippen LogP contribution in [0.4, 0.5) is 0 Å². The van der Waals surface area contributed by atoms with Gasteiger partial charge in [-0.15, -0.1) is 5.10 Å². The summed E-state index contributed by atoms with van der Waals surface area (Å²) in [5, 5.41) is 8.22. The molecule has 0 amide bonds. The highest BCUT2D eigenvalue weighted by Gasteiger charge is 2.18. The number of likely N-dealkylation sites (N-methyl/N-ethyl adjacent to an activating group) is 1. The van der Waals surface area contributed by atoms with Gasteiger partial charge in [0.1, 0.15) is 5.69 Å². The fourth-order valence-corrected chi connectivity index (χ4v) is 2.67. The van der Waals surface area contributed by atoms with Crippen molar-refractivity contribution in [2.45, 2.75) is 13.5 Å². The second-order valence-corrected chi connectivity index (χ2v) is 7.56. The number of fused-ring (bicyclic) bond motifs is 1. The standard InChI is InChI=1S/C14H18N4O4S/c1-10-6-13-14(22-9-21-13)7-11(10)12-8-18(16-15-12)5-4-17(2)23(3,19)20/h6-8H,4-5,9H2,1-3H3. The maximum Gasteiger partial charge on any atom is 0.231 e. The van der Waals surface area contributed by atoms with E-state index in [-0.39, 0.29) is 6.79 Å². The van der Waals surface area contributed by atoms with E-state index in [4.69, 9.17) is 9.47 Å². The highest BCUT2D eigenvalue weighted by Crippen LogP contribution is 2.37. The molecule has 0 spiro atoms. The van der Waals surface area contributed by atoms with Gasteiger partial charge in [0.2, 0.25) is 16.8 Å². The zero-order valence-corrected chi connectivity index (χ0v) is 14.0. The SMILES string of the molecule is Cc1cc2c(cc1-c1cn(CCN(C)S(C)(=O)=O)nn1)OCO2. The Morgan fingerprint density at radius 3 is 2.70 bits per heavy atom. The van der Waals surface area contributed by atoms with E-state index < -0.39 is 10.0 Å². The molecule has 1 aromatic heterocycles. The number of hydrogen-bond donors (Lipinski definition) is 0. The van der Waals surface area contributed by atoms with Gasteiger partial charge in [-0.05, 0) is 24.6 Å². The third-order valence-corrected chi connectivity index (χ3v) is 5.06. The van der Waals surface area contributed by atoms with E-state index in [2.05, 4.69) is 10.3 Å². The van der Waals surface area contributed by atoms with E-state index in [0.29, 0.717) is 24.5 Å². The number of rotatable bonds is 5. The fraction of sp³-hybridized carbons (Fsp3) is 0.429. The second kappa shape index (κ2) is 5.82. The number of aryl methyl sites for hydroxylation is 1. The van der Waals surface area contributed by atoms with Crippen molar-refractivity contribution in [1.29, 1.82) is 0 Å². The van der Waals surface area contributed by atoms with Crippen LogP contribution in [0.25, 0.3) is 11.3 Å². The molecule has 0 unspecified atom stereocenters. The zero-order valence-electron chi connectivity index (χ0n) is 13.2. The molecule has 1 aliphatic heterocycles. The van der Waals surface area contributed by atoms with Crippen molar-refractivity contribution in [3.63, 3.8) is 0 Å². The van der Waals surface area contributed by atoms with Gasteiger partial charge in [0, 0.05) is 19.2 Å². The van der Waals surface area contributed by atoms with E-state index in [1.165, 1.54) is 17.6 Å². The molecule has 1 aromatic carbocycles. The van der Waals surface area contributed by atoms with Crippen LogP contribution in [0.2, 0.25) is 0 Å². The average molecular weight is 338 g/mol. The van der Waals surface area contributed by atoms with Crippen molar-refractivity contribution < 1.29 is 17.9 Å². The lowest BCUT2D eigenvalue weighted by atomic mass is 10.1. The molecule has 0 radical (unpaired) electrons. The zero-order chi connectivity index (χ0) is 16.6. The van der Waals surface area contributed by atoms with Crippen molar-refractivity contribution in [2.75, 3.05) is 26.6 Å². The molecular weight excluding hydrogens is 320 g/mol. The Kier molecular flexibility index (Phi) is 3.99. The summed E-state index contributed by atoms with van der Waals surface area (Å²) >= 11 is 0. The van der Waals surface area contributed by atoms with Gasteiger partial charge >= 0.3 is 0 Å². The Labute approximate surface area is 134 Å². The van der Waals surface area contributed by atoms with Crippen LogP contribution < -0.4 is 9.47 Å². The molecule has 0 saturated heterocycles. The van der Waals surface area contributed by atoms with Crippen molar-refractivity contribution in [3.8, 4) is 22.8 Å². The second-order valence-electron chi connectivity index (χ2n) is 5.47. The molecule has 3 rings (SSSR count). The summed E-state index contributed by atoms with van der Waals surface area (Å²) in [7, 11) is -1.65. The summed E-state index contributed by atoms with van der Waals surface area (Å²) in [5.74, 6) is 1.42. The number of hydrogen-bond acceptors (Lipinski definition) is 6. The summed E-state index contributed by atoms with van der Waals surface area (Å²) in [6.45, 7) is 2.96. The quantitative estimate of drug-likeness (QED) is 0.804. The van der Waals surface area contributed by atoms with E-state index in [1.807, 2.05) is 19.1 Å². The van der Waals surface area contributed by atoms with Crippen LogP contribution in [-0.4, -0.2) is 54.4 Å². The molecule has 0 N–H and O–H groups in total. The van der Waals surface area contributed by atoms with Crippen LogP contribution >= 0.6 is 0 Å². The Balaban J connectivity index is 1.77. The number of benzene rings is 1. The van der Waals surface area contributed by atoms with Crippen LogP contribution in [0.3, 0.4) is 0 Å². The average Bonchev–Trinajstić information content (AvgIpc) is 3.10. The molecule has 0 atom stereocenters. The van der Waals surface area contributed by atoms with Gasteiger partial charge in [-0.1, -0.05) is 5.21 Å². The molecule has 0 aliphatic carbocycles. The first-order valence-corrected chi connectivity index (χ1v) is 8.91. The highest BCUT2D eigenvalue weighted by molar-refractivity contribution is 7.88. The maximum atomic E-state index is 11.4. The summed E-state index contributed by atoms with van der Waals surface area (Å²) in [6, 6.07) is 3.79. The smallest absolute Gasteiger partial charge is 0.231 e. The normalized spacial score (nSPS) is 13.7. The largest absolute Gasteiger partial charge is 0.454 e. The van der Waals surface area contributed by atoms with Gasteiger partial charge < -0.3 is 9.47 Å². The van der Waals surface area contributed by atoms with E-state index >= 15 is 0 Å². The summed E-state index contributed by atoms with van der Waals surface area (Å²) in [4.78, 5) is 0. The van der Waals surface area contributed by atoms with Crippen molar-refractivity contribution in [3.05, 3.63) is 23.9 Å². The third-order valence-electron chi connectivity index (χ3n) is 3.74. The predicted molar refractivity (Wildman–Crippen MR) is 83.8 cm³/mol. The molecule has 0 bridgehead atoms. The van der Waals surface area contributed by atoms with Gasteiger partial charge in [-0.25, -0.2) is 12.7 Å². The molecule has 1 aliphatic rings. The van der Waals surface area contributed by atoms with Gasteiger partial charge in [0.15, 0.2) is 11.5 Å². The monoisotopic (exact) mass is 338 g/mol. The minimum Gasteiger partial charge on any atom is -0.454 e. The van der Waals surface area contributed by atoms with Crippen LogP contribution in [0.5, 0.6) is 11.5 Å².